The summed E-state index contributed by atoms with van der Waals surface area (Å²) in [6.07, 6.45) is 1.49. The van der Waals surface area contributed by atoms with Crippen molar-refractivity contribution in [3.8, 4) is 0 Å². The second kappa shape index (κ2) is 7.49. The highest BCUT2D eigenvalue weighted by Gasteiger charge is 2.27. The predicted octanol–water partition coefficient (Wildman–Crippen LogP) is 1.40. The molecule has 0 spiro atoms. The summed E-state index contributed by atoms with van der Waals surface area (Å²) in [6, 6.07) is 7.48. The Morgan fingerprint density at radius 2 is 1.95 bits per heavy atom. The molecule has 0 unspecified atom stereocenters. The van der Waals surface area contributed by atoms with Crippen molar-refractivity contribution >= 4 is 27.5 Å². The number of anilines is 1. The van der Waals surface area contributed by atoms with Crippen LogP contribution in [0.15, 0.2) is 29.2 Å². The van der Waals surface area contributed by atoms with Gasteiger partial charge in [0.05, 0.1) is 5.75 Å². The molecular weight excluding hydrogens is 308 g/mol. The summed E-state index contributed by atoms with van der Waals surface area (Å²) < 4.78 is 26.1. The Kier molecular flexibility index (Phi) is 5.92. The number of hydrogen-bond acceptors (Lipinski definition) is 5. The smallest absolute Gasteiger partial charge is 0.214 e. The number of nitrogen functional groups attached to an aromatic ring is 1. The third-order valence-corrected chi connectivity index (χ3v) is 6.96. The molecule has 0 bridgehead atoms. The fraction of sp³-hybridized carbons (Fsp3) is 0.571. The van der Waals surface area contributed by atoms with E-state index in [1.807, 2.05) is 24.3 Å². The zero-order chi connectivity index (χ0) is 15.3. The van der Waals surface area contributed by atoms with Crippen LogP contribution >= 0.6 is 11.8 Å². The summed E-state index contributed by atoms with van der Waals surface area (Å²) in [4.78, 5) is 0.923. The number of benzene rings is 1. The highest BCUT2D eigenvalue weighted by Crippen LogP contribution is 2.25. The molecule has 1 fully saturated rings. The Balaban J connectivity index is 1.83. The minimum Gasteiger partial charge on any atom is -0.398 e. The summed E-state index contributed by atoms with van der Waals surface area (Å²) in [6.45, 7) is 1.19. The predicted molar refractivity (Wildman–Crippen MR) is 86.7 cm³/mol. The number of rotatable bonds is 6. The normalized spacial score (nSPS) is 18.0. The van der Waals surface area contributed by atoms with Crippen molar-refractivity contribution in [2.24, 2.45) is 5.92 Å². The van der Waals surface area contributed by atoms with Crippen LogP contribution in [-0.4, -0.2) is 49.0 Å². The molecule has 0 aromatic heterocycles. The number of aliphatic hydroxyl groups excluding tert-OH is 1. The van der Waals surface area contributed by atoms with Gasteiger partial charge in [-0.3, -0.25) is 0 Å². The first-order valence-electron chi connectivity index (χ1n) is 7.09. The van der Waals surface area contributed by atoms with E-state index in [-0.39, 0.29) is 18.3 Å². The van der Waals surface area contributed by atoms with Crippen molar-refractivity contribution in [1.29, 1.82) is 0 Å². The van der Waals surface area contributed by atoms with E-state index < -0.39 is 10.0 Å². The average Bonchev–Trinajstić information content (AvgIpc) is 2.49. The second-order valence-electron chi connectivity index (χ2n) is 5.23. The number of para-hydroxylation sites is 1. The van der Waals surface area contributed by atoms with E-state index >= 15 is 0 Å². The molecular formula is C14H22N2O3S2. The van der Waals surface area contributed by atoms with Crippen molar-refractivity contribution in [3.05, 3.63) is 24.3 Å². The van der Waals surface area contributed by atoms with Gasteiger partial charge in [-0.2, -0.15) is 0 Å². The third kappa shape index (κ3) is 4.60. The first-order chi connectivity index (χ1) is 10.0. The van der Waals surface area contributed by atoms with Gasteiger partial charge in [-0.1, -0.05) is 12.1 Å². The fourth-order valence-corrected chi connectivity index (χ4v) is 5.20. The minimum atomic E-state index is -3.21. The number of nitrogens with two attached hydrogens (primary N) is 1. The topological polar surface area (TPSA) is 83.6 Å². The summed E-state index contributed by atoms with van der Waals surface area (Å²) in [5.74, 6) is 0.863. The van der Waals surface area contributed by atoms with Crippen molar-refractivity contribution in [2.75, 3.05) is 36.9 Å². The molecule has 21 heavy (non-hydrogen) atoms. The molecule has 7 heteroatoms. The molecule has 1 saturated heterocycles. The van der Waals surface area contributed by atoms with Gasteiger partial charge < -0.3 is 10.8 Å². The standard InChI is InChI=1S/C14H22N2O3S2/c15-13-3-1-2-4-14(13)20-9-10-21(18,19)16-7-5-12(11-17)6-8-16/h1-4,12,17H,5-11,15H2. The van der Waals surface area contributed by atoms with Gasteiger partial charge in [0.2, 0.25) is 10.0 Å². The third-order valence-electron chi connectivity index (χ3n) is 3.74. The number of hydrogen-bond donors (Lipinski definition) is 2. The molecule has 0 aliphatic carbocycles. The molecule has 0 atom stereocenters. The lowest BCUT2D eigenvalue weighted by Crippen LogP contribution is -2.40. The Labute approximate surface area is 130 Å². The Hall–Kier alpha value is -0.760. The van der Waals surface area contributed by atoms with Gasteiger partial charge in [0.25, 0.3) is 0 Å². The molecule has 2 rings (SSSR count). The SMILES string of the molecule is Nc1ccccc1SCCS(=O)(=O)N1CCC(CO)CC1. The van der Waals surface area contributed by atoms with E-state index in [0.717, 1.165) is 17.7 Å². The first-order valence-corrected chi connectivity index (χ1v) is 9.68. The highest BCUT2D eigenvalue weighted by atomic mass is 32.2. The quantitative estimate of drug-likeness (QED) is 0.608. The molecule has 0 saturated carbocycles. The van der Waals surface area contributed by atoms with Gasteiger partial charge in [-0.15, -0.1) is 11.8 Å². The van der Waals surface area contributed by atoms with Crippen molar-refractivity contribution in [3.63, 3.8) is 0 Å². The van der Waals surface area contributed by atoms with Gasteiger partial charge in [-0.05, 0) is 30.9 Å². The van der Waals surface area contributed by atoms with Crippen LogP contribution < -0.4 is 5.73 Å². The van der Waals surface area contributed by atoms with Crippen LogP contribution in [0.25, 0.3) is 0 Å². The van der Waals surface area contributed by atoms with E-state index in [2.05, 4.69) is 0 Å². The van der Waals surface area contributed by atoms with Gasteiger partial charge in [0.15, 0.2) is 0 Å². The van der Waals surface area contributed by atoms with E-state index in [1.165, 1.54) is 11.8 Å². The highest BCUT2D eigenvalue weighted by molar-refractivity contribution is 8.00. The summed E-state index contributed by atoms with van der Waals surface area (Å²) in [5.41, 5.74) is 6.52. The Bertz CT molecular complexity index is 555. The van der Waals surface area contributed by atoms with Gasteiger partial charge in [-0.25, -0.2) is 12.7 Å². The van der Waals surface area contributed by atoms with E-state index in [9.17, 15) is 8.42 Å². The molecule has 1 aromatic carbocycles. The van der Waals surface area contributed by atoms with Crippen LogP contribution in [0.4, 0.5) is 5.69 Å². The second-order valence-corrected chi connectivity index (χ2v) is 8.45. The number of thioether (sulfide) groups is 1. The molecule has 0 amide bonds. The van der Waals surface area contributed by atoms with E-state index in [1.54, 1.807) is 4.31 Å². The Morgan fingerprint density at radius 1 is 1.29 bits per heavy atom. The molecule has 1 aliphatic heterocycles. The average molecular weight is 330 g/mol. The van der Waals surface area contributed by atoms with Gasteiger partial charge in [0.1, 0.15) is 0 Å². The lowest BCUT2D eigenvalue weighted by Gasteiger charge is -2.30. The number of sulfonamides is 1. The van der Waals surface area contributed by atoms with E-state index in [4.69, 9.17) is 10.8 Å². The van der Waals surface area contributed by atoms with Crippen LogP contribution in [0.2, 0.25) is 0 Å². The molecule has 1 aliphatic rings. The monoisotopic (exact) mass is 330 g/mol. The zero-order valence-corrected chi connectivity index (χ0v) is 13.6. The van der Waals surface area contributed by atoms with E-state index in [0.29, 0.717) is 24.5 Å². The molecule has 3 N–H and O–H groups in total. The Morgan fingerprint density at radius 3 is 2.57 bits per heavy atom. The van der Waals surface area contributed by atoms with Crippen LogP contribution in [0.3, 0.4) is 0 Å². The maximum atomic E-state index is 12.3. The minimum absolute atomic E-state index is 0.121. The molecule has 118 valence electrons. The van der Waals surface area contributed by atoms with Crippen LogP contribution in [-0.2, 0) is 10.0 Å². The number of piperidine rings is 1. The summed E-state index contributed by atoms with van der Waals surface area (Å²) >= 11 is 1.47. The maximum absolute atomic E-state index is 12.3. The van der Waals surface area contributed by atoms with Crippen molar-refractivity contribution in [2.45, 2.75) is 17.7 Å². The van der Waals surface area contributed by atoms with Gasteiger partial charge in [0, 0.05) is 36.0 Å². The number of nitrogens with zero attached hydrogens (tertiary/aromatic N) is 1. The molecule has 0 radical (unpaired) electrons. The van der Waals surface area contributed by atoms with Crippen molar-refractivity contribution in [1.82, 2.24) is 4.31 Å². The number of aliphatic hydroxyl groups is 1. The van der Waals surface area contributed by atoms with Crippen LogP contribution in [0.1, 0.15) is 12.8 Å². The molecule has 5 nitrogen and oxygen atoms in total. The lowest BCUT2D eigenvalue weighted by atomic mass is 10.00. The zero-order valence-electron chi connectivity index (χ0n) is 11.9. The maximum Gasteiger partial charge on any atom is 0.214 e. The summed E-state index contributed by atoms with van der Waals surface area (Å²) in [7, 11) is -3.21. The lowest BCUT2D eigenvalue weighted by molar-refractivity contribution is 0.170. The summed E-state index contributed by atoms with van der Waals surface area (Å²) in [5, 5.41) is 9.09. The van der Waals surface area contributed by atoms with Crippen LogP contribution in [0.5, 0.6) is 0 Å². The van der Waals surface area contributed by atoms with Crippen LogP contribution in [0, 0.1) is 5.92 Å². The molecule has 1 heterocycles. The molecule has 1 aromatic rings. The largest absolute Gasteiger partial charge is 0.398 e. The van der Waals surface area contributed by atoms with Crippen molar-refractivity contribution < 1.29 is 13.5 Å². The van der Waals surface area contributed by atoms with Gasteiger partial charge >= 0.3 is 0 Å². The first kappa shape index (κ1) is 16.6. The fourth-order valence-electron chi connectivity index (χ4n) is 2.37.